The lowest BCUT2D eigenvalue weighted by Crippen LogP contribution is -2.39. The van der Waals surface area contributed by atoms with Crippen LogP contribution in [-0.4, -0.2) is 18.8 Å². The molecular formula is C27H21BrN2O4S. The number of allylic oxidation sites excluding steroid dienone is 1. The van der Waals surface area contributed by atoms with Crippen molar-refractivity contribution in [1.29, 1.82) is 0 Å². The first kappa shape index (κ1) is 22.1. The molecule has 1 aliphatic heterocycles. The Balaban J connectivity index is 1.67. The summed E-state index contributed by atoms with van der Waals surface area (Å²) in [6.07, 6.45) is 3.46. The molecule has 2 aromatic carbocycles. The molecule has 6 rings (SSSR count). The Bertz CT molecular complexity index is 1680. The molecule has 2 aromatic heterocycles. The molecule has 0 radical (unpaired) electrons. The second-order valence-electron chi connectivity index (χ2n) is 8.36. The van der Waals surface area contributed by atoms with Crippen molar-refractivity contribution in [3.8, 4) is 11.5 Å². The molecule has 0 unspecified atom stereocenters. The highest BCUT2D eigenvalue weighted by Gasteiger charge is 2.34. The number of methoxy groups -OCH3 is 2. The second kappa shape index (κ2) is 8.70. The van der Waals surface area contributed by atoms with Crippen LogP contribution in [0.2, 0.25) is 0 Å². The third-order valence-corrected chi connectivity index (χ3v) is 7.88. The van der Waals surface area contributed by atoms with E-state index in [9.17, 15) is 4.79 Å². The van der Waals surface area contributed by atoms with E-state index in [0.717, 1.165) is 35.2 Å². The number of thiazole rings is 1. The lowest BCUT2D eigenvalue weighted by molar-refractivity contribution is 0.392. The number of ether oxygens (including phenoxy) is 2. The van der Waals surface area contributed by atoms with E-state index < -0.39 is 0 Å². The Morgan fingerprint density at radius 1 is 1.11 bits per heavy atom. The van der Waals surface area contributed by atoms with E-state index in [2.05, 4.69) is 34.1 Å². The topological polar surface area (TPSA) is 66.0 Å². The van der Waals surface area contributed by atoms with Gasteiger partial charge in [0.1, 0.15) is 17.3 Å². The van der Waals surface area contributed by atoms with Crippen molar-refractivity contribution in [2.45, 2.75) is 18.9 Å². The Morgan fingerprint density at radius 3 is 2.74 bits per heavy atom. The van der Waals surface area contributed by atoms with Crippen molar-refractivity contribution in [1.82, 2.24) is 4.57 Å². The van der Waals surface area contributed by atoms with Gasteiger partial charge in [0.2, 0.25) is 0 Å². The molecule has 2 aliphatic rings. The first-order valence-electron chi connectivity index (χ1n) is 11.2. The molecule has 1 atom stereocenters. The van der Waals surface area contributed by atoms with E-state index in [1.165, 1.54) is 16.9 Å². The molecule has 1 aliphatic carbocycles. The van der Waals surface area contributed by atoms with E-state index in [4.69, 9.17) is 18.9 Å². The van der Waals surface area contributed by atoms with Gasteiger partial charge < -0.3 is 13.9 Å². The number of nitrogens with zero attached hydrogens (tertiary/aromatic N) is 2. The van der Waals surface area contributed by atoms with Gasteiger partial charge in [0.25, 0.3) is 5.56 Å². The quantitative estimate of drug-likeness (QED) is 0.371. The minimum atomic E-state index is -0.356. The van der Waals surface area contributed by atoms with Crippen LogP contribution in [0.3, 0.4) is 0 Å². The van der Waals surface area contributed by atoms with Crippen LogP contribution in [0.1, 0.15) is 34.9 Å². The smallest absolute Gasteiger partial charge is 0.271 e. The van der Waals surface area contributed by atoms with E-state index in [0.29, 0.717) is 31.3 Å². The molecular weight excluding hydrogens is 528 g/mol. The molecule has 3 heterocycles. The van der Waals surface area contributed by atoms with Gasteiger partial charge in [-0.05, 0) is 70.2 Å². The Kier molecular flexibility index (Phi) is 5.50. The maximum Gasteiger partial charge on any atom is 0.271 e. The summed E-state index contributed by atoms with van der Waals surface area (Å²) in [4.78, 5) is 19.5. The maximum absolute atomic E-state index is 13.8. The molecule has 4 aromatic rings. The fraction of sp³-hybridized carbons (Fsp3) is 0.185. The minimum absolute atomic E-state index is 0.110. The summed E-state index contributed by atoms with van der Waals surface area (Å²) in [5, 5.41) is 0. The number of hydrogen-bond donors (Lipinski definition) is 0. The molecule has 0 saturated heterocycles. The number of aromatic nitrogens is 1. The average Bonchev–Trinajstić information content (AvgIpc) is 3.44. The molecule has 0 N–H and O–H groups in total. The monoisotopic (exact) mass is 548 g/mol. The van der Waals surface area contributed by atoms with Crippen LogP contribution in [0.25, 0.3) is 11.8 Å². The van der Waals surface area contributed by atoms with Crippen LogP contribution in [0.5, 0.6) is 11.5 Å². The molecule has 176 valence electrons. The third kappa shape index (κ3) is 3.68. The summed E-state index contributed by atoms with van der Waals surface area (Å²) in [7, 11) is 3.29. The zero-order chi connectivity index (χ0) is 24.1. The predicted molar refractivity (Wildman–Crippen MR) is 139 cm³/mol. The summed E-state index contributed by atoms with van der Waals surface area (Å²) in [6, 6.07) is 17.4. The van der Waals surface area contributed by atoms with Crippen molar-refractivity contribution in [3.05, 3.63) is 107 Å². The van der Waals surface area contributed by atoms with Crippen molar-refractivity contribution in [2.75, 3.05) is 14.2 Å². The van der Waals surface area contributed by atoms with Crippen molar-refractivity contribution < 1.29 is 13.9 Å². The zero-order valence-electron chi connectivity index (χ0n) is 19.1. The van der Waals surface area contributed by atoms with Gasteiger partial charge in [-0.25, -0.2) is 4.99 Å². The van der Waals surface area contributed by atoms with Crippen LogP contribution in [0, 0.1) is 0 Å². The molecule has 0 fully saturated rings. The third-order valence-electron chi connectivity index (χ3n) is 6.47. The van der Waals surface area contributed by atoms with Crippen LogP contribution >= 0.6 is 27.3 Å². The molecule has 8 heteroatoms. The van der Waals surface area contributed by atoms with Crippen molar-refractivity contribution >= 4 is 39.0 Å². The molecule has 0 amide bonds. The van der Waals surface area contributed by atoms with Gasteiger partial charge >= 0.3 is 0 Å². The SMILES string of the molecule is COc1ccc(OC)c([C@@H]2C3=C(N=c4s/c(=C/c5ccc(Br)o5)c(=O)n42)c2ccccc2CC3)c1. The summed E-state index contributed by atoms with van der Waals surface area (Å²) in [6.45, 7) is 0. The van der Waals surface area contributed by atoms with Gasteiger partial charge in [0.15, 0.2) is 9.47 Å². The molecule has 0 spiro atoms. The summed E-state index contributed by atoms with van der Waals surface area (Å²) < 4.78 is 19.9. The number of aryl methyl sites for hydroxylation is 1. The first-order valence-corrected chi connectivity index (χ1v) is 12.8. The van der Waals surface area contributed by atoms with E-state index in [1.54, 1.807) is 24.9 Å². The van der Waals surface area contributed by atoms with Crippen LogP contribution in [-0.2, 0) is 6.42 Å². The highest BCUT2D eigenvalue weighted by Crippen LogP contribution is 2.44. The molecule has 0 saturated carbocycles. The number of benzene rings is 2. The molecule has 35 heavy (non-hydrogen) atoms. The summed E-state index contributed by atoms with van der Waals surface area (Å²) >= 11 is 4.69. The predicted octanol–water partition coefficient (Wildman–Crippen LogP) is 4.69. The van der Waals surface area contributed by atoms with Crippen LogP contribution in [0.15, 0.2) is 79.0 Å². The Hall–Kier alpha value is -3.36. The van der Waals surface area contributed by atoms with Gasteiger partial charge in [-0.15, -0.1) is 0 Å². The number of fused-ring (bicyclic) bond motifs is 3. The fourth-order valence-electron chi connectivity index (χ4n) is 4.89. The second-order valence-corrected chi connectivity index (χ2v) is 10.2. The number of furan rings is 1. The molecule has 6 nitrogen and oxygen atoms in total. The lowest BCUT2D eigenvalue weighted by Gasteiger charge is -2.31. The molecule has 0 bridgehead atoms. The fourth-order valence-corrected chi connectivity index (χ4v) is 6.19. The summed E-state index contributed by atoms with van der Waals surface area (Å²) in [5.74, 6) is 2.01. The Morgan fingerprint density at radius 2 is 1.97 bits per heavy atom. The number of halogens is 1. The lowest BCUT2D eigenvalue weighted by atomic mass is 9.83. The Labute approximate surface area is 213 Å². The van der Waals surface area contributed by atoms with E-state index in [-0.39, 0.29) is 11.6 Å². The van der Waals surface area contributed by atoms with Gasteiger partial charge in [-0.1, -0.05) is 35.6 Å². The highest BCUT2D eigenvalue weighted by molar-refractivity contribution is 9.10. The number of hydrogen-bond acceptors (Lipinski definition) is 6. The summed E-state index contributed by atoms with van der Waals surface area (Å²) in [5.41, 5.74) is 5.20. The van der Waals surface area contributed by atoms with Crippen LogP contribution < -0.4 is 24.4 Å². The zero-order valence-corrected chi connectivity index (χ0v) is 21.5. The van der Waals surface area contributed by atoms with Gasteiger partial charge in [0.05, 0.1) is 30.5 Å². The largest absolute Gasteiger partial charge is 0.497 e. The normalized spacial score (nSPS) is 16.9. The van der Waals surface area contributed by atoms with Crippen LogP contribution in [0.4, 0.5) is 0 Å². The van der Waals surface area contributed by atoms with Crippen molar-refractivity contribution in [2.24, 2.45) is 4.99 Å². The van der Waals surface area contributed by atoms with E-state index in [1.807, 2.05) is 36.4 Å². The van der Waals surface area contributed by atoms with Gasteiger partial charge in [-0.3, -0.25) is 9.36 Å². The average molecular weight is 549 g/mol. The maximum atomic E-state index is 13.8. The first-order chi connectivity index (χ1) is 17.1. The van der Waals surface area contributed by atoms with Gasteiger partial charge in [0, 0.05) is 17.2 Å². The van der Waals surface area contributed by atoms with Crippen molar-refractivity contribution in [3.63, 3.8) is 0 Å². The highest BCUT2D eigenvalue weighted by atomic mass is 79.9. The standard InChI is InChI=1S/C27H21BrN2O4S/c1-32-16-8-11-21(33-2)20(13-16)25-19-10-7-15-5-3-4-6-18(15)24(19)29-27-30(25)26(31)22(35-27)14-17-9-12-23(28)34-17/h3-6,8-9,11-14,25H,7,10H2,1-2H3/b22-14+/t25-/m0/s1. The number of rotatable bonds is 4. The van der Waals surface area contributed by atoms with E-state index >= 15 is 0 Å². The van der Waals surface area contributed by atoms with Gasteiger partial charge in [-0.2, -0.15) is 0 Å². The minimum Gasteiger partial charge on any atom is -0.497 e.